The van der Waals surface area contributed by atoms with Crippen molar-refractivity contribution in [2.75, 3.05) is 0 Å². The van der Waals surface area contributed by atoms with E-state index in [2.05, 4.69) is 0 Å². The molecule has 0 heterocycles. The van der Waals surface area contributed by atoms with Crippen LogP contribution in [0.4, 0.5) is 0 Å². The van der Waals surface area contributed by atoms with Gasteiger partial charge in [0.25, 0.3) is 0 Å². The van der Waals surface area contributed by atoms with Gasteiger partial charge in [-0.3, -0.25) is 0 Å². The maximum Gasteiger partial charge on any atom is 0.182 e. The van der Waals surface area contributed by atoms with Crippen molar-refractivity contribution in [2.24, 2.45) is 0 Å². The highest BCUT2D eigenvalue weighted by Crippen LogP contribution is 2.19. The molecule has 0 amide bonds. The normalized spacial score (nSPS) is 10.9. The van der Waals surface area contributed by atoms with Gasteiger partial charge in [0.15, 0.2) is 9.84 Å². The van der Waals surface area contributed by atoms with Crippen LogP contribution in [0.15, 0.2) is 53.4 Å². The quantitative estimate of drug-likeness (QED) is 0.862. The van der Waals surface area contributed by atoms with Gasteiger partial charge in [0.2, 0.25) is 0 Å². The van der Waals surface area contributed by atoms with E-state index in [0.29, 0.717) is 16.0 Å². The monoisotopic (exact) mass is 271 g/mol. The van der Waals surface area contributed by atoms with Gasteiger partial charge in [-0.2, -0.15) is 5.26 Å². The van der Waals surface area contributed by atoms with Crippen LogP contribution in [0.2, 0.25) is 0 Å². The fraction of sp³-hybridized carbons (Fsp3) is 0.133. The third-order valence-corrected chi connectivity index (χ3v) is 4.50. The van der Waals surface area contributed by atoms with Gasteiger partial charge in [-0.05, 0) is 36.2 Å². The molecule has 0 aliphatic rings. The molecular weight excluding hydrogens is 258 g/mol. The topological polar surface area (TPSA) is 57.9 Å². The highest BCUT2D eigenvalue weighted by molar-refractivity contribution is 7.90. The fourth-order valence-electron chi connectivity index (χ4n) is 1.85. The molecule has 0 spiro atoms. The molecule has 0 bridgehead atoms. The molecule has 0 fully saturated rings. The second-order valence-corrected chi connectivity index (χ2v) is 6.33. The van der Waals surface area contributed by atoms with Gasteiger partial charge in [0, 0.05) is 0 Å². The summed E-state index contributed by atoms with van der Waals surface area (Å²) in [6.45, 7) is 1.85. The average Bonchev–Trinajstić information content (AvgIpc) is 2.39. The first-order valence-corrected chi connectivity index (χ1v) is 7.45. The molecule has 0 N–H and O–H groups in total. The van der Waals surface area contributed by atoms with Crippen molar-refractivity contribution in [3.8, 4) is 6.07 Å². The first kappa shape index (κ1) is 13.3. The predicted molar refractivity (Wildman–Crippen MR) is 73.2 cm³/mol. The minimum absolute atomic E-state index is 0.153. The van der Waals surface area contributed by atoms with E-state index >= 15 is 0 Å². The Bertz CT molecular complexity index is 743. The van der Waals surface area contributed by atoms with Gasteiger partial charge in [-0.1, -0.05) is 30.3 Å². The van der Waals surface area contributed by atoms with Crippen molar-refractivity contribution in [3.05, 3.63) is 65.2 Å². The lowest BCUT2D eigenvalue weighted by Gasteiger charge is -2.06. The van der Waals surface area contributed by atoms with Crippen LogP contribution in [0, 0.1) is 18.3 Å². The van der Waals surface area contributed by atoms with Gasteiger partial charge in [0.05, 0.1) is 22.3 Å². The Kier molecular flexibility index (Phi) is 3.68. The third kappa shape index (κ3) is 3.01. The lowest BCUT2D eigenvalue weighted by atomic mass is 10.1. The van der Waals surface area contributed by atoms with Gasteiger partial charge < -0.3 is 0 Å². The summed E-state index contributed by atoms with van der Waals surface area (Å²) in [5, 5.41) is 8.99. The summed E-state index contributed by atoms with van der Waals surface area (Å²) in [6.07, 6.45) is 0. The van der Waals surface area contributed by atoms with E-state index in [1.807, 2.05) is 19.1 Å². The molecule has 0 aliphatic carbocycles. The van der Waals surface area contributed by atoms with Crippen LogP contribution in [0.1, 0.15) is 16.7 Å². The Labute approximate surface area is 113 Å². The van der Waals surface area contributed by atoms with E-state index in [1.54, 1.807) is 42.5 Å². The zero-order valence-corrected chi connectivity index (χ0v) is 11.3. The van der Waals surface area contributed by atoms with E-state index in [1.165, 1.54) is 0 Å². The van der Waals surface area contributed by atoms with E-state index < -0.39 is 9.84 Å². The highest BCUT2D eigenvalue weighted by Gasteiger charge is 2.17. The Balaban J connectivity index is 2.40. The van der Waals surface area contributed by atoms with Crippen LogP contribution >= 0.6 is 0 Å². The number of benzene rings is 2. The molecule has 0 saturated carbocycles. The Morgan fingerprint density at radius 2 is 1.84 bits per heavy atom. The molecule has 2 rings (SSSR count). The standard InChI is InChI=1S/C15H13NO2S/c1-12-5-4-8-15(9-12)19(17,18)11-14-7-3-2-6-13(14)10-16/h2-9H,11H2,1H3. The molecule has 4 heteroatoms. The number of sulfone groups is 1. The zero-order chi connectivity index (χ0) is 13.9. The molecule has 0 aromatic heterocycles. The van der Waals surface area contributed by atoms with Gasteiger partial charge in [-0.25, -0.2) is 8.42 Å². The van der Waals surface area contributed by atoms with Crippen LogP contribution in [-0.2, 0) is 15.6 Å². The minimum atomic E-state index is -3.42. The number of hydrogen-bond acceptors (Lipinski definition) is 3. The molecule has 2 aromatic rings. The predicted octanol–water partition coefficient (Wildman–Crippen LogP) is 2.84. The summed E-state index contributed by atoms with van der Waals surface area (Å²) in [6, 6.07) is 15.6. The summed E-state index contributed by atoms with van der Waals surface area (Å²) < 4.78 is 24.6. The largest absolute Gasteiger partial charge is 0.223 e. The van der Waals surface area contributed by atoms with Crippen molar-refractivity contribution in [2.45, 2.75) is 17.6 Å². The lowest BCUT2D eigenvalue weighted by molar-refractivity contribution is 0.595. The van der Waals surface area contributed by atoms with Crippen LogP contribution in [0.3, 0.4) is 0 Å². The van der Waals surface area contributed by atoms with Gasteiger partial charge in [-0.15, -0.1) is 0 Å². The first-order valence-electron chi connectivity index (χ1n) is 5.80. The molecule has 19 heavy (non-hydrogen) atoms. The van der Waals surface area contributed by atoms with Gasteiger partial charge in [0.1, 0.15) is 0 Å². The van der Waals surface area contributed by atoms with Crippen LogP contribution in [-0.4, -0.2) is 8.42 Å². The molecule has 2 aromatic carbocycles. The van der Waals surface area contributed by atoms with Crippen LogP contribution < -0.4 is 0 Å². The number of nitriles is 1. The fourth-order valence-corrected chi connectivity index (χ4v) is 3.33. The van der Waals surface area contributed by atoms with E-state index in [9.17, 15) is 8.42 Å². The molecule has 0 aliphatic heterocycles. The molecule has 96 valence electrons. The molecule has 3 nitrogen and oxygen atoms in total. The van der Waals surface area contributed by atoms with Crippen molar-refractivity contribution in [1.29, 1.82) is 5.26 Å². The summed E-state index contributed by atoms with van der Waals surface area (Å²) in [5.41, 5.74) is 1.83. The molecule has 0 atom stereocenters. The zero-order valence-electron chi connectivity index (χ0n) is 10.5. The second-order valence-electron chi connectivity index (χ2n) is 4.34. The number of aryl methyl sites for hydroxylation is 1. The van der Waals surface area contributed by atoms with E-state index in [-0.39, 0.29) is 5.75 Å². The first-order chi connectivity index (χ1) is 9.03. The SMILES string of the molecule is Cc1cccc(S(=O)(=O)Cc2ccccc2C#N)c1. The van der Waals surface area contributed by atoms with E-state index in [0.717, 1.165) is 5.56 Å². The minimum Gasteiger partial charge on any atom is -0.223 e. The maximum atomic E-state index is 12.3. The number of rotatable bonds is 3. The maximum absolute atomic E-state index is 12.3. The summed E-state index contributed by atoms with van der Waals surface area (Å²) >= 11 is 0. The average molecular weight is 271 g/mol. The number of hydrogen-bond donors (Lipinski definition) is 0. The number of nitrogens with zero attached hydrogens (tertiary/aromatic N) is 1. The molecule has 0 saturated heterocycles. The smallest absolute Gasteiger partial charge is 0.182 e. The third-order valence-electron chi connectivity index (χ3n) is 2.83. The van der Waals surface area contributed by atoms with Crippen molar-refractivity contribution in [1.82, 2.24) is 0 Å². The Hall–Kier alpha value is -2.12. The Morgan fingerprint density at radius 1 is 1.11 bits per heavy atom. The van der Waals surface area contributed by atoms with Crippen LogP contribution in [0.25, 0.3) is 0 Å². The summed E-state index contributed by atoms with van der Waals surface area (Å²) in [4.78, 5) is 0.292. The second kappa shape index (κ2) is 5.25. The molecule has 0 unspecified atom stereocenters. The lowest BCUT2D eigenvalue weighted by Crippen LogP contribution is -2.06. The summed E-state index contributed by atoms with van der Waals surface area (Å²) in [5.74, 6) is -0.153. The van der Waals surface area contributed by atoms with Crippen molar-refractivity contribution >= 4 is 9.84 Å². The molecule has 0 radical (unpaired) electrons. The van der Waals surface area contributed by atoms with Crippen molar-refractivity contribution < 1.29 is 8.42 Å². The van der Waals surface area contributed by atoms with E-state index in [4.69, 9.17) is 5.26 Å². The van der Waals surface area contributed by atoms with Gasteiger partial charge >= 0.3 is 0 Å². The summed E-state index contributed by atoms with van der Waals surface area (Å²) in [7, 11) is -3.42. The highest BCUT2D eigenvalue weighted by atomic mass is 32.2. The van der Waals surface area contributed by atoms with Crippen LogP contribution in [0.5, 0.6) is 0 Å². The Morgan fingerprint density at radius 3 is 2.53 bits per heavy atom. The molecular formula is C15H13NO2S. The van der Waals surface area contributed by atoms with Crippen molar-refractivity contribution in [3.63, 3.8) is 0 Å².